The first-order valence-electron chi connectivity index (χ1n) is 6.54. The highest BCUT2D eigenvalue weighted by molar-refractivity contribution is 9.10. The molecule has 0 amide bonds. The Balaban J connectivity index is 2.51. The Labute approximate surface area is 119 Å². The molecule has 0 saturated carbocycles. The summed E-state index contributed by atoms with van der Waals surface area (Å²) in [6.45, 7) is 12.6. The van der Waals surface area contributed by atoms with Gasteiger partial charge in [-0.05, 0) is 56.5 Å². The zero-order valence-electron chi connectivity index (χ0n) is 12.0. The van der Waals surface area contributed by atoms with E-state index < -0.39 is 0 Å². The lowest BCUT2D eigenvalue weighted by Gasteiger charge is -2.17. The van der Waals surface area contributed by atoms with Crippen LogP contribution in [0.1, 0.15) is 31.9 Å². The third-order valence-corrected chi connectivity index (χ3v) is 3.98. The molecule has 3 heteroatoms. The van der Waals surface area contributed by atoms with Crippen LogP contribution in [0.4, 0.5) is 0 Å². The Morgan fingerprint density at radius 2 is 1.67 bits per heavy atom. The van der Waals surface area contributed by atoms with Gasteiger partial charge in [-0.3, -0.25) is 0 Å². The predicted octanol–water partition coefficient (Wildman–Crippen LogP) is 4.08. The predicted molar refractivity (Wildman–Crippen MR) is 81.4 cm³/mol. The lowest BCUT2D eigenvalue weighted by atomic mass is 10.1. The Morgan fingerprint density at radius 3 is 2.17 bits per heavy atom. The van der Waals surface area contributed by atoms with Crippen LogP contribution in [-0.4, -0.2) is 19.2 Å². The van der Waals surface area contributed by atoms with E-state index in [4.69, 9.17) is 4.74 Å². The van der Waals surface area contributed by atoms with E-state index in [0.29, 0.717) is 5.92 Å². The third kappa shape index (κ3) is 4.99. The van der Waals surface area contributed by atoms with Crippen molar-refractivity contribution in [2.24, 2.45) is 5.92 Å². The molecule has 1 N–H and O–H groups in total. The van der Waals surface area contributed by atoms with Crippen molar-refractivity contribution in [2.45, 2.75) is 40.7 Å². The van der Waals surface area contributed by atoms with Crippen LogP contribution in [0.5, 0.6) is 5.75 Å². The average Bonchev–Trinajstić information content (AvgIpc) is 2.25. The molecule has 1 aromatic rings. The van der Waals surface area contributed by atoms with Gasteiger partial charge >= 0.3 is 0 Å². The van der Waals surface area contributed by atoms with Crippen molar-refractivity contribution in [1.82, 2.24) is 5.32 Å². The summed E-state index contributed by atoms with van der Waals surface area (Å²) in [5.41, 5.74) is 2.43. The monoisotopic (exact) mass is 313 g/mol. The summed E-state index contributed by atoms with van der Waals surface area (Å²) >= 11 is 3.57. The van der Waals surface area contributed by atoms with Crippen molar-refractivity contribution < 1.29 is 4.74 Å². The average molecular weight is 314 g/mol. The molecule has 0 heterocycles. The van der Waals surface area contributed by atoms with E-state index in [1.54, 1.807) is 0 Å². The smallest absolute Gasteiger partial charge is 0.120 e. The van der Waals surface area contributed by atoms with Crippen molar-refractivity contribution >= 4 is 15.9 Å². The molecule has 0 aromatic heterocycles. The topological polar surface area (TPSA) is 21.3 Å². The highest BCUT2D eigenvalue weighted by atomic mass is 79.9. The fourth-order valence-corrected chi connectivity index (χ4v) is 2.05. The lowest BCUT2D eigenvalue weighted by molar-refractivity contribution is 0.215. The maximum Gasteiger partial charge on any atom is 0.120 e. The van der Waals surface area contributed by atoms with E-state index in [1.807, 2.05) is 0 Å². The summed E-state index contributed by atoms with van der Waals surface area (Å²) in [5, 5.41) is 3.41. The maximum atomic E-state index is 5.93. The molecule has 0 saturated heterocycles. The summed E-state index contributed by atoms with van der Waals surface area (Å²) < 4.78 is 7.10. The fraction of sp³-hybridized carbons (Fsp3) is 0.600. The highest BCUT2D eigenvalue weighted by Gasteiger charge is 2.07. The molecule has 0 fully saturated rings. The zero-order chi connectivity index (χ0) is 13.7. The fourth-order valence-electron chi connectivity index (χ4n) is 1.82. The van der Waals surface area contributed by atoms with Crippen LogP contribution in [-0.2, 0) is 0 Å². The van der Waals surface area contributed by atoms with E-state index in [9.17, 15) is 0 Å². The van der Waals surface area contributed by atoms with E-state index in [1.165, 1.54) is 15.6 Å². The van der Waals surface area contributed by atoms with Gasteiger partial charge in [-0.2, -0.15) is 0 Å². The van der Waals surface area contributed by atoms with Crippen LogP contribution in [0.2, 0.25) is 0 Å². The molecule has 18 heavy (non-hydrogen) atoms. The molecule has 1 unspecified atom stereocenters. The molecule has 2 nitrogen and oxygen atoms in total. The molecule has 1 rings (SSSR count). The van der Waals surface area contributed by atoms with Crippen molar-refractivity contribution in [2.75, 3.05) is 13.1 Å². The Kier molecular flexibility index (Phi) is 6.16. The van der Waals surface area contributed by atoms with Gasteiger partial charge in [0.05, 0.1) is 0 Å². The number of nitrogens with one attached hydrogen (secondary N) is 1. The van der Waals surface area contributed by atoms with Gasteiger partial charge in [-0.15, -0.1) is 0 Å². The van der Waals surface area contributed by atoms with Crippen LogP contribution in [0.3, 0.4) is 0 Å². The van der Waals surface area contributed by atoms with Gasteiger partial charge in [0.1, 0.15) is 11.9 Å². The van der Waals surface area contributed by atoms with Gasteiger partial charge in [0, 0.05) is 11.0 Å². The molecule has 0 aliphatic carbocycles. The van der Waals surface area contributed by atoms with Crippen molar-refractivity contribution in [3.8, 4) is 5.75 Å². The Bertz CT molecular complexity index is 367. The van der Waals surface area contributed by atoms with Gasteiger partial charge in [-0.25, -0.2) is 0 Å². The minimum Gasteiger partial charge on any atom is -0.489 e. The number of halogens is 1. The van der Waals surface area contributed by atoms with E-state index in [2.05, 4.69) is 68.0 Å². The molecule has 0 radical (unpaired) electrons. The number of aryl methyl sites for hydroxylation is 2. The standard InChI is InChI=1S/C15H24BrNO/c1-10(2)8-17-9-13(5)18-14-6-11(3)15(16)12(4)7-14/h6-7,10,13,17H,8-9H2,1-5H3. The highest BCUT2D eigenvalue weighted by Crippen LogP contribution is 2.26. The largest absolute Gasteiger partial charge is 0.489 e. The normalized spacial score (nSPS) is 12.8. The van der Waals surface area contributed by atoms with Crippen molar-refractivity contribution in [3.05, 3.63) is 27.7 Å². The second-order valence-electron chi connectivity index (χ2n) is 5.35. The number of benzene rings is 1. The van der Waals surface area contributed by atoms with Gasteiger partial charge < -0.3 is 10.1 Å². The quantitative estimate of drug-likeness (QED) is 0.854. The molecule has 0 spiro atoms. The Hall–Kier alpha value is -0.540. The SMILES string of the molecule is Cc1cc(OC(C)CNCC(C)C)cc(C)c1Br. The van der Waals surface area contributed by atoms with Crippen LogP contribution in [0, 0.1) is 19.8 Å². The van der Waals surface area contributed by atoms with Gasteiger partial charge in [0.25, 0.3) is 0 Å². The number of hydrogen-bond acceptors (Lipinski definition) is 2. The molecule has 0 bridgehead atoms. The summed E-state index contributed by atoms with van der Waals surface area (Å²) in [6, 6.07) is 4.16. The van der Waals surface area contributed by atoms with E-state index >= 15 is 0 Å². The van der Waals surface area contributed by atoms with Crippen LogP contribution in [0.25, 0.3) is 0 Å². The number of hydrogen-bond donors (Lipinski definition) is 1. The Morgan fingerprint density at radius 1 is 1.11 bits per heavy atom. The van der Waals surface area contributed by atoms with Gasteiger partial charge in [0.15, 0.2) is 0 Å². The molecular formula is C15H24BrNO. The lowest BCUT2D eigenvalue weighted by Crippen LogP contribution is -2.31. The molecular weight excluding hydrogens is 290 g/mol. The van der Waals surface area contributed by atoms with Gasteiger partial charge in [-0.1, -0.05) is 29.8 Å². The molecule has 0 aliphatic rings. The first-order valence-corrected chi connectivity index (χ1v) is 7.33. The van der Waals surface area contributed by atoms with Gasteiger partial charge in [0.2, 0.25) is 0 Å². The summed E-state index contributed by atoms with van der Waals surface area (Å²) in [4.78, 5) is 0. The second kappa shape index (κ2) is 7.15. The summed E-state index contributed by atoms with van der Waals surface area (Å²) in [7, 11) is 0. The summed E-state index contributed by atoms with van der Waals surface area (Å²) in [6.07, 6.45) is 0.184. The maximum absolute atomic E-state index is 5.93. The number of rotatable bonds is 6. The van der Waals surface area contributed by atoms with Crippen LogP contribution in [0.15, 0.2) is 16.6 Å². The van der Waals surface area contributed by atoms with E-state index in [0.717, 1.165) is 18.8 Å². The molecule has 1 aromatic carbocycles. The summed E-state index contributed by atoms with van der Waals surface area (Å²) in [5.74, 6) is 1.63. The first-order chi connectivity index (χ1) is 8.40. The first kappa shape index (κ1) is 15.5. The van der Waals surface area contributed by atoms with Crippen LogP contribution >= 0.6 is 15.9 Å². The van der Waals surface area contributed by atoms with Crippen molar-refractivity contribution in [3.63, 3.8) is 0 Å². The van der Waals surface area contributed by atoms with Crippen molar-refractivity contribution in [1.29, 1.82) is 0 Å². The second-order valence-corrected chi connectivity index (χ2v) is 6.14. The van der Waals surface area contributed by atoms with E-state index in [-0.39, 0.29) is 6.10 Å². The van der Waals surface area contributed by atoms with Crippen LogP contribution < -0.4 is 10.1 Å². The zero-order valence-corrected chi connectivity index (χ0v) is 13.6. The third-order valence-electron chi connectivity index (χ3n) is 2.73. The molecule has 0 aliphatic heterocycles. The number of ether oxygens (including phenoxy) is 1. The minimum atomic E-state index is 0.184. The molecule has 1 atom stereocenters. The molecule has 102 valence electrons. The minimum absolute atomic E-state index is 0.184.